The molecule has 2 fully saturated rings. The molecule has 0 radical (unpaired) electrons. The van der Waals surface area contributed by atoms with Crippen LogP contribution in [0.1, 0.15) is 44.2 Å². The molecule has 27 heavy (non-hydrogen) atoms. The highest BCUT2D eigenvalue weighted by atomic mass is 35.5. The molecule has 3 unspecified atom stereocenters. The summed E-state index contributed by atoms with van der Waals surface area (Å²) in [5, 5.41) is 6.39. The lowest BCUT2D eigenvalue weighted by molar-refractivity contribution is -0.125. The molecular weight excluding hydrogens is 381 g/mol. The third-order valence-electron chi connectivity index (χ3n) is 5.51. The normalized spacial score (nSPS) is 25.8. The quantitative estimate of drug-likeness (QED) is 0.771. The van der Waals surface area contributed by atoms with Crippen molar-refractivity contribution in [3.63, 3.8) is 0 Å². The molecule has 0 aliphatic carbocycles. The molecule has 0 saturated carbocycles. The van der Waals surface area contributed by atoms with Crippen LogP contribution in [0.4, 0.5) is 0 Å². The summed E-state index contributed by atoms with van der Waals surface area (Å²) in [6, 6.07) is 8.75. The Labute approximate surface area is 176 Å². The van der Waals surface area contributed by atoms with Gasteiger partial charge in [0.1, 0.15) is 0 Å². The number of halogens is 2. The number of carbonyl (C=O) groups excluding carboxylic acids is 1. The molecule has 3 atom stereocenters. The van der Waals surface area contributed by atoms with Crippen molar-refractivity contribution in [1.82, 2.24) is 15.5 Å². The topological polar surface area (TPSA) is 44.4 Å². The molecule has 2 aliphatic rings. The molecule has 1 amide bonds. The highest BCUT2D eigenvalue weighted by molar-refractivity contribution is 5.85. The number of likely N-dealkylation sites (tertiary alicyclic amines) is 1. The molecule has 1 aromatic carbocycles. The van der Waals surface area contributed by atoms with Gasteiger partial charge in [-0.05, 0) is 48.8 Å². The van der Waals surface area contributed by atoms with Gasteiger partial charge in [-0.15, -0.1) is 24.8 Å². The lowest BCUT2D eigenvalue weighted by Gasteiger charge is -2.35. The Morgan fingerprint density at radius 3 is 2.33 bits per heavy atom. The van der Waals surface area contributed by atoms with Crippen molar-refractivity contribution < 1.29 is 4.79 Å². The Balaban J connectivity index is 0.00000182. The van der Waals surface area contributed by atoms with Crippen LogP contribution in [0.5, 0.6) is 0 Å². The average molecular weight is 416 g/mol. The van der Waals surface area contributed by atoms with Crippen molar-refractivity contribution >= 4 is 30.7 Å². The number of hydrogen-bond acceptors (Lipinski definition) is 3. The SMILES string of the molecule is CC1CC(C)CN(Cc2ccc(CNC(=O)C3CCCNC3)cc2)C1.Cl.Cl. The minimum Gasteiger partial charge on any atom is -0.352 e. The first-order chi connectivity index (χ1) is 12.1. The summed E-state index contributed by atoms with van der Waals surface area (Å²) in [6.45, 7) is 10.7. The lowest BCUT2D eigenvalue weighted by atomic mass is 9.91. The fourth-order valence-corrected chi connectivity index (χ4v) is 4.35. The number of nitrogens with one attached hydrogen (secondary N) is 2. The van der Waals surface area contributed by atoms with Gasteiger partial charge >= 0.3 is 0 Å². The van der Waals surface area contributed by atoms with Gasteiger partial charge in [0.05, 0.1) is 5.92 Å². The first-order valence-electron chi connectivity index (χ1n) is 9.88. The predicted molar refractivity (Wildman–Crippen MR) is 117 cm³/mol. The molecule has 3 rings (SSSR count). The summed E-state index contributed by atoms with van der Waals surface area (Å²) in [5.41, 5.74) is 2.55. The highest BCUT2D eigenvalue weighted by Crippen LogP contribution is 2.22. The molecule has 2 saturated heterocycles. The maximum absolute atomic E-state index is 12.2. The van der Waals surface area contributed by atoms with Crippen LogP contribution in [0, 0.1) is 17.8 Å². The van der Waals surface area contributed by atoms with Crippen molar-refractivity contribution in [2.75, 3.05) is 26.2 Å². The summed E-state index contributed by atoms with van der Waals surface area (Å²) in [5.74, 6) is 1.92. The van der Waals surface area contributed by atoms with Crippen LogP contribution < -0.4 is 10.6 Å². The van der Waals surface area contributed by atoms with Gasteiger partial charge in [0.15, 0.2) is 0 Å². The molecule has 154 valence electrons. The van der Waals surface area contributed by atoms with Gasteiger partial charge in [0.25, 0.3) is 0 Å². The zero-order valence-corrected chi connectivity index (χ0v) is 18.2. The number of nitrogens with zero attached hydrogens (tertiary/aromatic N) is 1. The molecule has 0 bridgehead atoms. The predicted octanol–water partition coefficient (Wildman–Crippen LogP) is 3.62. The number of piperidine rings is 2. The van der Waals surface area contributed by atoms with E-state index in [1.807, 2.05) is 0 Å². The van der Waals surface area contributed by atoms with Crippen molar-refractivity contribution in [3.8, 4) is 0 Å². The summed E-state index contributed by atoms with van der Waals surface area (Å²) in [6.07, 6.45) is 3.45. The monoisotopic (exact) mass is 415 g/mol. The molecule has 1 aromatic rings. The maximum atomic E-state index is 12.2. The zero-order valence-electron chi connectivity index (χ0n) is 16.6. The first-order valence-corrected chi connectivity index (χ1v) is 9.88. The Morgan fingerprint density at radius 2 is 1.74 bits per heavy atom. The van der Waals surface area contributed by atoms with E-state index in [1.54, 1.807) is 0 Å². The van der Waals surface area contributed by atoms with E-state index < -0.39 is 0 Å². The number of rotatable bonds is 5. The number of hydrogen-bond donors (Lipinski definition) is 2. The molecular formula is C21H35Cl2N3O. The van der Waals surface area contributed by atoms with Gasteiger partial charge in [-0.1, -0.05) is 38.1 Å². The molecule has 4 nitrogen and oxygen atoms in total. The van der Waals surface area contributed by atoms with Crippen LogP contribution in [0.3, 0.4) is 0 Å². The molecule has 0 aromatic heterocycles. The van der Waals surface area contributed by atoms with E-state index in [9.17, 15) is 4.79 Å². The van der Waals surface area contributed by atoms with Gasteiger partial charge < -0.3 is 10.6 Å². The van der Waals surface area contributed by atoms with E-state index >= 15 is 0 Å². The summed E-state index contributed by atoms with van der Waals surface area (Å²) >= 11 is 0. The van der Waals surface area contributed by atoms with Crippen molar-refractivity contribution in [2.24, 2.45) is 17.8 Å². The van der Waals surface area contributed by atoms with Gasteiger partial charge in [0.2, 0.25) is 5.91 Å². The molecule has 2 aliphatic heterocycles. The number of amides is 1. The number of benzene rings is 1. The van der Waals surface area contributed by atoms with Crippen molar-refractivity contribution in [1.29, 1.82) is 0 Å². The van der Waals surface area contributed by atoms with E-state index in [0.29, 0.717) is 6.54 Å². The molecule has 2 N–H and O–H groups in total. The number of carbonyl (C=O) groups is 1. The Morgan fingerprint density at radius 1 is 1.11 bits per heavy atom. The second-order valence-corrected chi connectivity index (χ2v) is 8.22. The van der Waals surface area contributed by atoms with Crippen molar-refractivity contribution in [2.45, 2.75) is 46.2 Å². The van der Waals surface area contributed by atoms with Crippen LogP contribution in [-0.4, -0.2) is 37.0 Å². The fourth-order valence-electron chi connectivity index (χ4n) is 4.35. The second kappa shape index (κ2) is 11.9. The molecule has 2 heterocycles. The molecule has 6 heteroatoms. The molecule has 0 spiro atoms. The smallest absolute Gasteiger partial charge is 0.224 e. The van der Waals surface area contributed by atoms with Crippen LogP contribution in [-0.2, 0) is 17.9 Å². The summed E-state index contributed by atoms with van der Waals surface area (Å²) in [7, 11) is 0. The fraction of sp³-hybridized carbons (Fsp3) is 0.667. The van der Waals surface area contributed by atoms with Crippen LogP contribution in [0.25, 0.3) is 0 Å². The highest BCUT2D eigenvalue weighted by Gasteiger charge is 2.22. The van der Waals surface area contributed by atoms with Gasteiger partial charge in [0, 0.05) is 32.7 Å². The summed E-state index contributed by atoms with van der Waals surface area (Å²) < 4.78 is 0. The van der Waals surface area contributed by atoms with Gasteiger partial charge in [-0.3, -0.25) is 9.69 Å². The van der Waals surface area contributed by atoms with E-state index in [2.05, 4.69) is 53.6 Å². The van der Waals surface area contributed by atoms with Crippen LogP contribution in [0.15, 0.2) is 24.3 Å². The van der Waals surface area contributed by atoms with Gasteiger partial charge in [-0.2, -0.15) is 0 Å². The minimum absolute atomic E-state index is 0. The standard InChI is InChI=1S/C21H33N3O.2ClH/c1-16-10-17(2)14-24(13-16)15-19-7-5-18(6-8-19)11-23-21(25)20-4-3-9-22-12-20;;/h5-8,16-17,20,22H,3-4,9-15H2,1-2H3,(H,23,25);2*1H. The first kappa shape index (κ1) is 24.2. The van der Waals surface area contributed by atoms with E-state index in [4.69, 9.17) is 0 Å². The van der Waals surface area contributed by atoms with E-state index in [-0.39, 0.29) is 36.6 Å². The second-order valence-electron chi connectivity index (χ2n) is 8.22. The summed E-state index contributed by atoms with van der Waals surface area (Å²) in [4.78, 5) is 14.8. The van der Waals surface area contributed by atoms with E-state index in [1.165, 1.54) is 30.6 Å². The largest absolute Gasteiger partial charge is 0.352 e. The van der Waals surface area contributed by atoms with Gasteiger partial charge in [-0.25, -0.2) is 0 Å². The maximum Gasteiger partial charge on any atom is 0.224 e. The van der Waals surface area contributed by atoms with Crippen LogP contribution >= 0.6 is 24.8 Å². The minimum atomic E-state index is 0. The zero-order chi connectivity index (χ0) is 17.6. The average Bonchev–Trinajstić information content (AvgIpc) is 2.61. The lowest BCUT2D eigenvalue weighted by Crippen LogP contribution is -2.40. The van der Waals surface area contributed by atoms with Crippen molar-refractivity contribution in [3.05, 3.63) is 35.4 Å². The Hall–Kier alpha value is -0.810. The van der Waals surface area contributed by atoms with Crippen LogP contribution in [0.2, 0.25) is 0 Å². The Bertz CT molecular complexity index is 551. The Kier molecular flexibility index (Phi) is 10.7. The van der Waals surface area contributed by atoms with E-state index in [0.717, 1.165) is 44.3 Å². The third kappa shape index (κ3) is 7.61. The third-order valence-corrected chi connectivity index (χ3v) is 5.51.